The van der Waals surface area contributed by atoms with Crippen molar-refractivity contribution in [1.29, 1.82) is 0 Å². The third-order valence-electron chi connectivity index (χ3n) is 3.49. The summed E-state index contributed by atoms with van der Waals surface area (Å²) in [6.07, 6.45) is 4.74. The molecule has 3 aromatic rings. The van der Waals surface area contributed by atoms with E-state index in [1.165, 1.54) is 5.56 Å². The summed E-state index contributed by atoms with van der Waals surface area (Å²) in [6.45, 7) is 2.91. The first-order valence-electron chi connectivity index (χ1n) is 7.15. The summed E-state index contributed by atoms with van der Waals surface area (Å²) in [7, 11) is 0. The molecule has 21 heavy (non-hydrogen) atoms. The number of benzene rings is 1. The quantitative estimate of drug-likeness (QED) is 0.720. The van der Waals surface area contributed by atoms with Gasteiger partial charge in [0.1, 0.15) is 0 Å². The van der Waals surface area contributed by atoms with Crippen LogP contribution < -0.4 is 0 Å². The summed E-state index contributed by atoms with van der Waals surface area (Å²) in [5.74, 6) is 0.310. The summed E-state index contributed by atoms with van der Waals surface area (Å²) in [6, 6.07) is 16.3. The van der Waals surface area contributed by atoms with Crippen LogP contribution in [0.1, 0.15) is 29.8 Å². The zero-order valence-electron chi connectivity index (χ0n) is 12.1. The van der Waals surface area contributed by atoms with Gasteiger partial charge in [-0.2, -0.15) is 0 Å². The Morgan fingerprint density at radius 3 is 2.62 bits per heavy atom. The topological polar surface area (TPSA) is 43.6 Å². The Kier molecular flexibility index (Phi) is 4.05. The van der Waals surface area contributed by atoms with Crippen LogP contribution in [-0.2, 0) is 13.0 Å². The van der Waals surface area contributed by atoms with Crippen LogP contribution in [0.2, 0.25) is 0 Å². The number of nitrogens with zero attached hydrogens (tertiary/aromatic N) is 4. The number of rotatable bonds is 5. The minimum Gasteiger partial charge on any atom is -0.261 e. The highest BCUT2D eigenvalue weighted by Gasteiger charge is 2.11. The zero-order chi connectivity index (χ0) is 14.5. The van der Waals surface area contributed by atoms with Crippen molar-refractivity contribution in [2.24, 2.45) is 0 Å². The summed E-state index contributed by atoms with van der Waals surface area (Å²) in [5.41, 5.74) is 3.32. The lowest BCUT2D eigenvalue weighted by molar-refractivity contribution is 0.647. The van der Waals surface area contributed by atoms with Gasteiger partial charge in [0.2, 0.25) is 0 Å². The molecule has 0 saturated carbocycles. The zero-order valence-corrected chi connectivity index (χ0v) is 12.1. The molecule has 106 valence electrons. The van der Waals surface area contributed by atoms with Crippen LogP contribution in [0.5, 0.6) is 0 Å². The van der Waals surface area contributed by atoms with Crippen LogP contribution in [0.15, 0.2) is 60.9 Å². The minimum atomic E-state index is 0.310. The fourth-order valence-electron chi connectivity index (χ4n) is 2.32. The molecule has 2 aromatic heterocycles. The lowest BCUT2D eigenvalue weighted by Gasteiger charge is -2.06. The van der Waals surface area contributed by atoms with Crippen molar-refractivity contribution in [2.75, 3.05) is 0 Å². The van der Waals surface area contributed by atoms with Gasteiger partial charge in [0.05, 0.1) is 12.2 Å². The van der Waals surface area contributed by atoms with Gasteiger partial charge in [-0.25, -0.2) is 4.68 Å². The molecule has 0 aliphatic rings. The van der Waals surface area contributed by atoms with Crippen molar-refractivity contribution < 1.29 is 0 Å². The standard InChI is InChI=1S/C17H18N4/c1-14(11-16-9-5-6-10-18-16)17-13-21(20-19-17)12-15-7-3-2-4-8-15/h2-10,13-14H,11-12H2,1H3. The molecule has 0 bridgehead atoms. The van der Waals surface area contributed by atoms with E-state index < -0.39 is 0 Å². The molecule has 1 atom stereocenters. The van der Waals surface area contributed by atoms with Crippen LogP contribution in [0.3, 0.4) is 0 Å². The average Bonchev–Trinajstić information content (AvgIpc) is 2.98. The third kappa shape index (κ3) is 3.54. The highest BCUT2D eigenvalue weighted by molar-refractivity contribution is 5.15. The molecule has 0 radical (unpaired) electrons. The molecule has 2 heterocycles. The van der Waals surface area contributed by atoms with Crippen molar-refractivity contribution in [3.63, 3.8) is 0 Å². The summed E-state index contributed by atoms with van der Waals surface area (Å²) >= 11 is 0. The van der Waals surface area contributed by atoms with Gasteiger partial charge >= 0.3 is 0 Å². The SMILES string of the molecule is CC(Cc1ccccn1)c1cn(Cc2ccccc2)nn1. The van der Waals surface area contributed by atoms with Crippen LogP contribution in [0.4, 0.5) is 0 Å². The van der Waals surface area contributed by atoms with Crippen molar-refractivity contribution in [1.82, 2.24) is 20.0 Å². The van der Waals surface area contributed by atoms with Gasteiger partial charge in [0, 0.05) is 24.0 Å². The van der Waals surface area contributed by atoms with Crippen molar-refractivity contribution in [2.45, 2.75) is 25.8 Å². The van der Waals surface area contributed by atoms with Crippen molar-refractivity contribution >= 4 is 0 Å². The normalized spacial score (nSPS) is 12.2. The van der Waals surface area contributed by atoms with Crippen molar-refractivity contribution in [3.8, 4) is 0 Å². The van der Waals surface area contributed by atoms with Crippen LogP contribution in [-0.4, -0.2) is 20.0 Å². The molecule has 0 saturated heterocycles. The highest BCUT2D eigenvalue weighted by Crippen LogP contribution is 2.17. The van der Waals surface area contributed by atoms with Gasteiger partial charge in [0.25, 0.3) is 0 Å². The molecule has 0 N–H and O–H groups in total. The van der Waals surface area contributed by atoms with Crippen LogP contribution >= 0.6 is 0 Å². The molecule has 0 spiro atoms. The monoisotopic (exact) mass is 278 g/mol. The first-order chi connectivity index (χ1) is 10.3. The molecule has 1 aromatic carbocycles. The van der Waals surface area contributed by atoms with Gasteiger partial charge in [-0.1, -0.05) is 48.5 Å². The average molecular weight is 278 g/mol. The van der Waals surface area contributed by atoms with E-state index >= 15 is 0 Å². The Morgan fingerprint density at radius 1 is 1.05 bits per heavy atom. The Labute approximate surface area is 124 Å². The van der Waals surface area contributed by atoms with Crippen molar-refractivity contribution in [3.05, 3.63) is 77.9 Å². The lowest BCUT2D eigenvalue weighted by Crippen LogP contribution is -2.01. The molecule has 4 heteroatoms. The van der Waals surface area contributed by atoms with Gasteiger partial charge < -0.3 is 0 Å². The van der Waals surface area contributed by atoms with Gasteiger partial charge in [-0.3, -0.25) is 4.98 Å². The fourth-order valence-corrected chi connectivity index (χ4v) is 2.32. The Balaban J connectivity index is 1.67. The predicted octanol–water partition coefficient (Wildman–Crippen LogP) is 3.07. The number of pyridine rings is 1. The highest BCUT2D eigenvalue weighted by atomic mass is 15.4. The molecular weight excluding hydrogens is 260 g/mol. The Morgan fingerprint density at radius 2 is 1.86 bits per heavy atom. The van der Waals surface area contributed by atoms with E-state index in [0.717, 1.165) is 24.4 Å². The maximum Gasteiger partial charge on any atom is 0.0859 e. The van der Waals surface area contributed by atoms with E-state index in [4.69, 9.17) is 0 Å². The summed E-state index contributed by atoms with van der Waals surface area (Å²) < 4.78 is 1.89. The van der Waals surface area contributed by atoms with E-state index in [1.807, 2.05) is 53.5 Å². The first-order valence-corrected chi connectivity index (χ1v) is 7.15. The predicted molar refractivity (Wildman–Crippen MR) is 81.9 cm³/mol. The third-order valence-corrected chi connectivity index (χ3v) is 3.49. The summed E-state index contributed by atoms with van der Waals surface area (Å²) in [4.78, 5) is 4.36. The molecular formula is C17H18N4. The van der Waals surface area contributed by atoms with E-state index in [9.17, 15) is 0 Å². The maximum absolute atomic E-state index is 4.36. The molecule has 3 rings (SSSR count). The minimum absolute atomic E-state index is 0.310. The van der Waals surface area contributed by atoms with Gasteiger partial charge in [-0.05, 0) is 24.1 Å². The second-order valence-corrected chi connectivity index (χ2v) is 5.25. The first kappa shape index (κ1) is 13.5. The smallest absolute Gasteiger partial charge is 0.0859 e. The van der Waals surface area contributed by atoms with Crippen LogP contribution in [0.25, 0.3) is 0 Å². The Bertz CT molecular complexity index is 676. The second kappa shape index (κ2) is 6.31. The number of hydrogen-bond acceptors (Lipinski definition) is 3. The molecule has 0 aliphatic carbocycles. The van der Waals surface area contributed by atoms with Crippen LogP contribution in [0, 0.1) is 0 Å². The van der Waals surface area contributed by atoms with E-state index in [1.54, 1.807) is 0 Å². The van der Waals surface area contributed by atoms with Gasteiger partial charge in [0.15, 0.2) is 0 Å². The largest absolute Gasteiger partial charge is 0.261 e. The second-order valence-electron chi connectivity index (χ2n) is 5.25. The molecule has 0 aliphatic heterocycles. The van der Waals surface area contributed by atoms with E-state index in [0.29, 0.717) is 5.92 Å². The molecule has 4 nitrogen and oxygen atoms in total. The lowest BCUT2D eigenvalue weighted by atomic mass is 10.0. The maximum atomic E-state index is 4.36. The number of aromatic nitrogens is 4. The molecule has 0 fully saturated rings. The van der Waals surface area contributed by atoms with Gasteiger partial charge in [-0.15, -0.1) is 5.10 Å². The summed E-state index contributed by atoms with van der Waals surface area (Å²) in [5, 5.41) is 8.51. The molecule has 1 unspecified atom stereocenters. The Hall–Kier alpha value is -2.49. The molecule has 0 amide bonds. The van der Waals surface area contributed by atoms with E-state index in [-0.39, 0.29) is 0 Å². The fraction of sp³-hybridized carbons (Fsp3) is 0.235. The number of hydrogen-bond donors (Lipinski definition) is 0. The van der Waals surface area contributed by atoms with E-state index in [2.05, 4.69) is 34.4 Å².